The van der Waals surface area contributed by atoms with Gasteiger partial charge in [-0.25, -0.2) is 4.79 Å². The molecule has 2 heterocycles. The Kier molecular flexibility index (Phi) is 3.32. The molecule has 0 bridgehead atoms. The molecule has 5 rings (SSSR count). The van der Waals surface area contributed by atoms with Gasteiger partial charge >= 0.3 is 5.97 Å². The summed E-state index contributed by atoms with van der Waals surface area (Å²) in [6.07, 6.45) is 0. The van der Waals surface area contributed by atoms with E-state index in [0.29, 0.717) is 5.56 Å². The number of fused-ring (bicyclic) bond motifs is 6. The number of benzene rings is 3. The van der Waals surface area contributed by atoms with Gasteiger partial charge < -0.3 is 19.7 Å². The first-order chi connectivity index (χ1) is 13.7. The largest absolute Gasteiger partial charge is 0.508 e. The summed E-state index contributed by atoms with van der Waals surface area (Å²) in [6.45, 7) is 0. The molecule has 3 aromatic rings. The maximum atomic E-state index is 12.7. The molecule has 146 valence electrons. The number of phenols is 2. The number of carbonyl (C=O) groups excluding carboxylic acids is 1. The van der Waals surface area contributed by atoms with Gasteiger partial charge in [-0.3, -0.25) is 4.55 Å². The van der Waals surface area contributed by atoms with Gasteiger partial charge in [0.1, 0.15) is 27.9 Å². The molecule has 0 aromatic heterocycles. The fourth-order valence-corrected chi connectivity index (χ4v) is 4.72. The Hall–Kier alpha value is -3.56. The number of phenolic OH excluding ortho intramolecular Hbond substituents is 2. The third kappa shape index (κ3) is 2.28. The molecule has 0 aliphatic carbocycles. The number of hydrogen-bond acceptors (Lipinski definition) is 7. The average Bonchev–Trinajstić information content (AvgIpc) is 2.93. The lowest BCUT2D eigenvalue weighted by Crippen LogP contribution is -2.34. The lowest BCUT2D eigenvalue weighted by molar-refractivity contribution is 0.0214. The molecule has 0 amide bonds. The smallest absolute Gasteiger partial charge is 0.340 e. The predicted octanol–water partition coefficient (Wildman–Crippen LogP) is 2.91. The highest BCUT2D eigenvalue weighted by molar-refractivity contribution is 7.85. The fraction of sp³-hybridized carbons (Fsp3) is 0.0500. The van der Waals surface area contributed by atoms with Gasteiger partial charge in [0.15, 0.2) is 5.60 Å². The van der Waals surface area contributed by atoms with Gasteiger partial charge in [-0.05, 0) is 18.2 Å². The van der Waals surface area contributed by atoms with Gasteiger partial charge in [0.05, 0.1) is 11.1 Å². The fourth-order valence-electron chi connectivity index (χ4n) is 3.95. The van der Waals surface area contributed by atoms with Gasteiger partial charge in [-0.15, -0.1) is 0 Å². The summed E-state index contributed by atoms with van der Waals surface area (Å²) >= 11 is 0. The Bertz CT molecular complexity index is 1330. The van der Waals surface area contributed by atoms with Crippen LogP contribution in [-0.2, 0) is 20.5 Å². The second-order valence-corrected chi connectivity index (χ2v) is 8.08. The van der Waals surface area contributed by atoms with Gasteiger partial charge in [0.2, 0.25) is 0 Å². The van der Waals surface area contributed by atoms with Crippen LogP contribution in [0.1, 0.15) is 27.0 Å². The quantitative estimate of drug-likeness (QED) is 0.411. The summed E-state index contributed by atoms with van der Waals surface area (Å²) in [5, 5.41) is 19.9. The normalized spacial score (nSPS) is 19.1. The Morgan fingerprint density at radius 2 is 1.59 bits per heavy atom. The standard InChI is InChI=1S/C20H12O8S/c21-10-5-6-14-15(7-10)27-16-8-11(22)9-17(29(24,25)26)18(16)20(14)13-4-2-1-3-12(13)19(23)28-20/h1-9,21-22H,(H,24,25,26). The van der Waals surface area contributed by atoms with Crippen LogP contribution in [0.2, 0.25) is 0 Å². The van der Waals surface area contributed by atoms with Gasteiger partial charge in [-0.1, -0.05) is 18.2 Å². The Morgan fingerprint density at radius 3 is 2.34 bits per heavy atom. The van der Waals surface area contributed by atoms with Crippen molar-refractivity contribution in [1.29, 1.82) is 0 Å². The third-order valence-electron chi connectivity index (χ3n) is 5.02. The van der Waals surface area contributed by atoms with Crippen molar-refractivity contribution in [2.45, 2.75) is 10.5 Å². The van der Waals surface area contributed by atoms with Crippen molar-refractivity contribution in [3.05, 3.63) is 76.9 Å². The SMILES string of the molecule is O=C1OC2(c3ccc(O)cc3Oc3cc(O)cc(S(=O)(=O)O)c32)c2ccccc21. The molecule has 0 radical (unpaired) electrons. The minimum atomic E-state index is -4.84. The van der Waals surface area contributed by atoms with E-state index in [9.17, 15) is 28.0 Å². The number of esters is 1. The van der Waals surface area contributed by atoms with Crippen LogP contribution < -0.4 is 4.74 Å². The maximum absolute atomic E-state index is 12.7. The molecule has 0 saturated carbocycles. The van der Waals surface area contributed by atoms with E-state index in [1.165, 1.54) is 24.3 Å². The van der Waals surface area contributed by atoms with Crippen LogP contribution in [0.5, 0.6) is 23.0 Å². The molecule has 2 aliphatic rings. The van der Waals surface area contributed by atoms with Crippen molar-refractivity contribution in [1.82, 2.24) is 0 Å². The highest BCUT2D eigenvalue weighted by Gasteiger charge is 2.55. The molecule has 1 spiro atoms. The summed E-state index contributed by atoms with van der Waals surface area (Å²) in [7, 11) is -4.84. The first-order valence-electron chi connectivity index (χ1n) is 8.41. The van der Waals surface area contributed by atoms with Crippen molar-refractivity contribution in [2.75, 3.05) is 0 Å². The summed E-state index contributed by atoms with van der Waals surface area (Å²) < 4.78 is 45.7. The van der Waals surface area contributed by atoms with Crippen LogP contribution >= 0.6 is 0 Å². The molecule has 29 heavy (non-hydrogen) atoms. The average molecular weight is 412 g/mol. The third-order valence-corrected chi connectivity index (χ3v) is 5.89. The zero-order valence-electron chi connectivity index (χ0n) is 14.5. The summed E-state index contributed by atoms with van der Waals surface area (Å²) in [5.74, 6) is -1.33. The van der Waals surface area contributed by atoms with E-state index < -0.39 is 32.3 Å². The Morgan fingerprint density at radius 1 is 0.862 bits per heavy atom. The number of aromatic hydroxyl groups is 2. The predicted molar refractivity (Wildman–Crippen MR) is 97.8 cm³/mol. The Labute approximate surface area is 164 Å². The highest BCUT2D eigenvalue weighted by Crippen LogP contribution is 2.58. The van der Waals surface area contributed by atoms with Crippen LogP contribution in [0.3, 0.4) is 0 Å². The second-order valence-electron chi connectivity index (χ2n) is 6.69. The molecule has 2 aliphatic heterocycles. The van der Waals surface area contributed by atoms with Gasteiger partial charge in [-0.2, -0.15) is 8.42 Å². The van der Waals surface area contributed by atoms with Crippen molar-refractivity contribution in [2.24, 2.45) is 0 Å². The molecule has 3 N–H and O–H groups in total. The summed E-state index contributed by atoms with van der Waals surface area (Å²) in [6, 6.07) is 12.5. The van der Waals surface area contributed by atoms with Crippen molar-refractivity contribution in [3.8, 4) is 23.0 Å². The molecular weight excluding hydrogens is 400 g/mol. The van der Waals surface area contributed by atoms with Crippen LogP contribution in [0.4, 0.5) is 0 Å². The number of carbonyl (C=O) groups is 1. The molecule has 1 atom stereocenters. The summed E-state index contributed by atoms with van der Waals surface area (Å²) in [4.78, 5) is 12.0. The first kappa shape index (κ1) is 17.5. The highest BCUT2D eigenvalue weighted by atomic mass is 32.2. The molecule has 1 unspecified atom stereocenters. The van der Waals surface area contributed by atoms with E-state index in [1.54, 1.807) is 18.2 Å². The minimum Gasteiger partial charge on any atom is -0.508 e. The van der Waals surface area contributed by atoms with Gasteiger partial charge in [0, 0.05) is 29.3 Å². The van der Waals surface area contributed by atoms with E-state index in [4.69, 9.17) is 9.47 Å². The number of rotatable bonds is 1. The number of hydrogen-bond donors (Lipinski definition) is 3. The monoisotopic (exact) mass is 412 g/mol. The van der Waals surface area contributed by atoms with E-state index in [-0.39, 0.29) is 33.9 Å². The first-order valence-corrected chi connectivity index (χ1v) is 9.85. The van der Waals surface area contributed by atoms with E-state index in [1.807, 2.05) is 0 Å². The van der Waals surface area contributed by atoms with E-state index in [0.717, 1.165) is 12.1 Å². The van der Waals surface area contributed by atoms with E-state index >= 15 is 0 Å². The molecule has 0 fully saturated rings. The van der Waals surface area contributed by atoms with Crippen LogP contribution in [0.25, 0.3) is 0 Å². The van der Waals surface area contributed by atoms with Crippen molar-refractivity contribution in [3.63, 3.8) is 0 Å². The molecule has 3 aromatic carbocycles. The molecular formula is C20H12O8S. The van der Waals surface area contributed by atoms with Crippen molar-refractivity contribution < 1.29 is 37.5 Å². The molecule has 0 saturated heterocycles. The number of ether oxygens (including phenoxy) is 2. The van der Waals surface area contributed by atoms with Crippen molar-refractivity contribution >= 4 is 16.1 Å². The van der Waals surface area contributed by atoms with Gasteiger partial charge in [0.25, 0.3) is 10.1 Å². The second kappa shape index (κ2) is 5.49. The topological polar surface area (TPSA) is 130 Å². The zero-order chi connectivity index (χ0) is 20.6. The van der Waals surface area contributed by atoms with Crippen LogP contribution in [0.15, 0.2) is 59.5 Å². The summed E-state index contributed by atoms with van der Waals surface area (Å²) in [5.41, 5.74) is -1.08. The van der Waals surface area contributed by atoms with Crippen LogP contribution in [-0.4, -0.2) is 29.2 Å². The van der Waals surface area contributed by atoms with Crippen LogP contribution in [0, 0.1) is 0 Å². The maximum Gasteiger partial charge on any atom is 0.340 e. The molecule has 9 heteroatoms. The zero-order valence-corrected chi connectivity index (χ0v) is 15.3. The lowest BCUT2D eigenvalue weighted by Gasteiger charge is -2.37. The minimum absolute atomic E-state index is 0.105. The van der Waals surface area contributed by atoms with E-state index in [2.05, 4.69) is 0 Å². The lowest BCUT2D eigenvalue weighted by atomic mass is 9.77. The molecule has 8 nitrogen and oxygen atoms in total. The Balaban J connectivity index is 1.99.